The summed E-state index contributed by atoms with van der Waals surface area (Å²) in [4.78, 5) is 26.6. The van der Waals surface area contributed by atoms with E-state index in [0.717, 1.165) is 16.2 Å². The summed E-state index contributed by atoms with van der Waals surface area (Å²) in [6, 6.07) is 14.8. The highest BCUT2D eigenvalue weighted by Gasteiger charge is 2.38. The molecule has 6 heteroatoms. The first-order valence-corrected chi connectivity index (χ1v) is 8.42. The van der Waals surface area contributed by atoms with Gasteiger partial charge >= 0.3 is 5.97 Å². The Kier molecular flexibility index (Phi) is 4.76. The van der Waals surface area contributed by atoms with Crippen molar-refractivity contribution in [1.82, 2.24) is 4.90 Å². The molecule has 0 spiro atoms. The third kappa shape index (κ3) is 3.23. The Hall–Kier alpha value is -2.47. The highest BCUT2D eigenvalue weighted by Crippen LogP contribution is 2.36. The SMILES string of the molecule is COc1ccc(SCN2C(=O)c3ccccc3C2OC(C)=O)cc1. The lowest BCUT2D eigenvalue weighted by Crippen LogP contribution is -2.30. The van der Waals surface area contributed by atoms with Gasteiger partial charge in [0.1, 0.15) is 5.75 Å². The zero-order valence-corrected chi connectivity index (χ0v) is 14.2. The Morgan fingerprint density at radius 1 is 1.17 bits per heavy atom. The van der Waals surface area contributed by atoms with Gasteiger partial charge in [0.25, 0.3) is 5.91 Å². The average molecular weight is 343 g/mol. The largest absolute Gasteiger partial charge is 0.497 e. The minimum Gasteiger partial charge on any atom is -0.497 e. The number of carbonyl (C=O) groups excluding carboxylic acids is 2. The number of carbonyl (C=O) groups is 2. The molecule has 2 aromatic carbocycles. The minimum atomic E-state index is -0.669. The number of fused-ring (bicyclic) bond motifs is 1. The maximum Gasteiger partial charge on any atom is 0.304 e. The molecule has 0 fully saturated rings. The molecule has 5 nitrogen and oxygen atoms in total. The highest BCUT2D eigenvalue weighted by atomic mass is 32.2. The predicted octanol–water partition coefficient (Wildman–Crippen LogP) is 3.46. The maximum absolute atomic E-state index is 12.6. The summed E-state index contributed by atoms with van der Waals surface area (Å²) in [6.45, 7) is 1.35. The zero-order valence-electron chi connectivity index (χ0n) is 13.4. The third-order valence-electron chi connectivity index (χ3n) is 3.71. The van der Waals surface area contributed by atoms with Crippen LogP contribution in [-0.4, -0.2) is 29.8 Å². The van der Waals surface area contributed by atoms with Gasteiger partial charge in [-0.25, -0.2) is 0 Å². The van der Waals surface area contributed by atoms with Gasteiger partial charge in [0.2, 0.25) is 6.23 Å². The normalized spacial score (nSPS) is 16.0. The van der Waals surface area contributed by atoms with E-state index in [4.69, 9.17) is 9.47 Å². The third-order valence-corrected chi connectivity index (χ3v) is 4.72. The van der Waals surface area contributed by atoms with Crippen LogP contribution in [0.15, 0.2) is 53.4 Å². The molecule has 24 heavy (non-hydrogen) atoms. The van der Waals surface area contributed by atoms with Gasteiger partial charge in [-0.05, 0) is 30.3 Å². The molecule has 1 aliphatic heterocycles. The first kappa shape index (κ1) is 16.4. The summed E-state index contributed by atoms with van der Waals surface area (Å²) in [5.41, 5.74) is 1.31. The number of hydrogen-bond donors (Lipinski definition) is 0. The number of methoxy groups -OCH3 is 1. The molecule has 0 N–H and O–H groups in total. The first-order valence-electron chi connectivity index (χ1n) is 7.44. The Bertz CT molecular complexity index is 760. The van der Waals surface area contributed by atoms with Crippen LogP contribution in [-0.2, 0) is 9.53 Å². The number of ether oxygens (including phenoxy) is 2. The van der Waals surface area contributed by atoms with Gasteiger partial charge in [-0.1, -0.05) is 18.2 Å². The second kappa shape index (κ2) is 6.97. The van der Waals surface area contributed by atoms with E-state index < -0.39 is 12.2 Å². The van der Waals surface area contributed by atoms with Crippen LogP contribution >= 0.6 is 11.8 Å². The smallest absolute Gasteiger partial charge is 0.304 e. The summed E-state index contributed by atoms with van der Waals surface area (Å²) in [5, 5.41) is 0. The van der Waals surface area contributed by atoms with Crippen LogP contribution in [0.4, 0.5) is 0 Å². The predicted molar refractivity (Wildman–Crippen MR) is 90.8 cm³/mol. The van der Waals surface area contributed by atoms with Crippen molar-refractivity contribution in [1.29, 1.82) is 0 Å². The van der Waals surface area contributed by atoms with Crippen LogP contribution < -0.4 is 4.74 Å². The molecule has 0 aliphatic carbocycles. The summed E-state index contributed by atoms with van der Waals surface area (Å²) >= 11 is 1.50. The number of thioether (sulfide) groups is 1. The lowest BCUT2D eigenvalue weighted by atomic mass is 10.1. The molecule has 1 unspecified atom stereocenters. The van der Waals surface area contributed by atoms with Crippen molar-refractivity contribution >= 4 is 23.6 Å². The molecule has 3 rings (SSSR count). The molecule has 0 saturated heterocycles. The number of amides is 1. The van der Waals surface area contributed by atoms with Crippen molar-refractivity contribution in [3.8, 4) is 5.75 Å². The van der Waals surface area contributed by atoms with Gasteiger partial charge in [0, 0.05) is 22.9 Å². The standard InChI is InChI=1S/C18H17NO4S/c1-12(20)23-18-16-6-4-3-5-15(16)17(21)19(18)11-24-14-9-7-13(22-2)8-10-14/h3-10,18H,11H2,1-2H3. The summed E-state index contributed by atoms with van der Waals surface area (Å²) < 4.78 is 10.5. The van der Waals surface area contributed by atoms with Crippen LogP contribution in [0.3, 0.4) is 0 Å². The van der Waals surface area contributed by atoms with Crippen molar-refractivity contribution < 1.29 is 19.1 Å². The Morgan fingerprint density at radius 2 is 1.88 bits per heavy atom. The number of rotatable bonds is 5. The van der Waals surface area contributed by atoms with E-state index in [0.29, 0.717) is 11.4 Å². The van der Waals surface area contributed by atoms with E-state index in [1.165, 1.54) is 18.7 Å². The molecule has 1 amide bonds. The molecule has 1 aliphatic rings. The lowest BCUT2D eigenvalue weighted by Gasteiger charge is -2.24. The number of hydrogen-bond acceptors (Lipinski definition) is 5. The molecule has 2 aromatic rings. The van der Waals surface area contributed by atoms with E-state index >= 15 is 0 Å². The van der Waals surface area contributed by atoms with Crippen molar-refractivity contribution in [2.45, 2.75) is 18.0 Å². The van der Waals surface area contributed by atoms with E-state index in [9.17, 15) is 9.59 Å². The molecule has 0 saturated carbocycles. The number of esters is 1. The van der Waals surface area contributed by atoms with E-state index in [1.54, 1.807) is 18.1 Å². The van der Waals surface area contributed by atoms with E-state index in [-0.39, 0.29) is 5.91 Å². The maximum atomic E-state index is 12.6. The van der Waals surface area contributed by atoms with Gasteiger partial charge in [-0.2, -0.15) is 0 Å². The zero-order chi connectivity index (χ0) is 17.1. The first-order chi connectivity index (χ1) is 11.6. The van der Waals surface area contributed by atoms with Gasteiger partial charge in [0.05, 0.1) is 13.0 Å². The summed E-state index contributed by atoms with van der Waals surface area (Å²) in [7, 11) is 1.62. The van der Waals surface area contributed by atoms with Gasteiger partial charge in [0.15, 0.2) is 0 Å². The molecular formula is C18H17NO4S. The topological polar surface area (TPSA) is 55.8 Å². The second-order valence-corrected chi connectivity index (χ2v) is 6.29. The summed E-state index contributed by atoms with van der Waals surface area (Å²) in [6.07, 6.45) is -0.669. The number of benzene rings is 2. The van der Waals surface area contributed by atoms with Crippen molar-refractivity contribution in [2.24, 2.45) is 0 Å². The van der Waals surface area contributed by atoms with E-state index in [2.05, 4.69) is 0 Å². The van der Waals surface area contributed by atoms with Crippen LogP contribution in [0.5, 0.6) is 5.75 Å². The second-order valence-electron chi connectivity index (χ2n) is 5.27. The molecule has 124 valence electrons. The number of nitrogens with zero attached hydrogens (tertiary/aromatic N) is 1. The molecular weight excluding hydrogens is 326 g/mol. The Balaban J connectivity index is 1.78. The lowest BCUT2D eigenvalue weighted by molar-refractivity contribution is -0.153. The van der Waals surface area contributed by atoms with Gasteiger partial charge < -0.3 is 9.47 Å². The van der Waals surface area contributed by atoms with Crippen molar-refractivity contribution in [3.63, 3.8) is 0 Å². The average Bonchev–Trinajstić information content (AvgIpc) is 2.85. The molecule has 1 atom stereocenters. The minimum absolute atomic E-state index is 0.127. The van der Waals surface area contributed by atoms with Crippen LogP contribution in [0, 0.1) is 0 Å². The van der Waals surface area contributed by atoms with Crippen LogP contribution in [0.1, 0.15) is 29.1 Å². The van der Waals surface area contributed by atoms with Crippen molar-refractivity contribution in [2.75, 3.05) is 13.0 Å². The molecule has 0 radical (unpaired) electrons. The Labute approximate surface area is 144 Å². The fourth-order valence-corrected chi connectivity index (χ4v) is 3.43. The van der Waals surface area contributed by atoms with Crippen molar-refractivity contribution in [3.05, 3.63) is 59.7 Å². The fraction of sp³-hybridized carbons (Fsp3) is 0.222. The Morgan fingerprint density at radius 3 is 2.54 bits per heavy atom. The monoisotopic (exact) mass is 343 g/mol. The summed E-state index contributed by atoms with van der Waals surface area (Å²) in [5.74, 6) is 0.626. The molecule has 0 aromatic heterocycles. The van der Waals surface area contributed by atoms with Gasteiger partial charge in [-0.15, -0.1) is 11.8 Å². The molecule has 1 heterocycles. The quantitative estimate of drug-likeness (QED) is 0.615. The van der Waals surface area contributed by atoms with Crippen LogP contribution in [0.25, 0.3) is 0 Å². The van der Waals surface area contributed by atoms with Crippen LogP contribution in [0.2, 0.25) is 0 Å². The van der Waals surface area contributed by atoms with Gasteiger partial charge in [-0.3, -0.25) is 14.5 Å². The highest BCUT2D eigenvalue weighted by molar-refractivity contribution is 7.99. The van der Waals surface area contributed by atoms with E-state index in [1.807, 2.05) is 42.5 Å². The molecule has 0 bridgehead atoms. The fourth-order valence-electron chi connectivity index (χ4n) is 2.56.